The van der Waals surface area contributed by atoms with Crippen LogP contribution in [-0.2, 0) is 11.3 Å². The Hall–Kier alpha value is -1.34. The van der Waals surface area contributed by atoms with Crippen molar-refractivity contribution >= 4 is 0 Å². The second-order valence-corrected chi connectivity index (χ2v) is 6.84. The molecular weight excluding hydrogens is 320 g/mol. The number of methoxy groups -OCH3 is 1. The van der Waals surface area contributed by atoms with Crippen molar-refractivity contribution in [1.82, 2.24) is 10.2 Å². The number of β-amino-alcohol motifs (C(OH)–C–C–N with tert-alkyl or cyclic N) is 1. The summed E-state index contributed by atoms with van der Waals surface area (Å²) in [5.41, 5.74) is 1.07. The van der Waals surface area contributed by atoms with Gasteiger partial charge < -0.3 is 24.6 Å². The Morgan fingerprint density at radius 3 is 2.80 bits per heavy atom. The molecule has 1 aliphatic heterocycles. The fourth-order valence-corrected chi connectivity index (χ4v) is 3.21. The zero-order chi connectivity index (χ0) is 17.5. The molecule has 2 aliphatic rings. The van der Waals surface area contributed by atoms with Gasteiger partial charge in [0.2, 0.25) is 0 Å². The van der Waals surface area contributed by atoms with Crippen LogP contribution in [0.25, 0.3) is 0 Å². The first-order valence-corrected chi connectivity index (χ1v) is 9.26. The van der Waals surface area contributed by atoms with Crippen LogP contribution >= 0.6 is 0 Å². The molecule has 1 saturated carbocycles. The van der Waals surface area contributed by atoms with Crippen molar-refractivity contribution in [3.8, 4) is 11.5 Å². The van der Waals surface area contributed by atoms with Crippen LogP contribution in [0, 0.1) is 0 Å². The summed E-state index contributed by atoms with van der Waals surface area (Å²) in [6.07, 6.45) is 3.28. The summed E-state index contributed by atoms with van der Waals surface area (Å²) in [7, 11) is 1.65. The van der Waals surface area contributed by atoms with Gasteiger partial charge in [-0.2, -0.15) is 0 Å². The van der Waals surface area contributed by atoms with Crippen molar-refractivity contribution in [2.75, 3.05) is 46.6 Å². The second kappa shape index (κ2) is 9.38. The number of nitrogens with one attached hydrogen (secondary N) is 1. The molecule has 1 heterocycles. The third-order valence-corrected chi connectivity index (χ3v) is 4.96. The Bertz CT molecular complexity index is 530. The molecule has 1 aromatic rings. The summed E-state index contributed by atoms with van der Waals surface area (Å²) in [6, 6.07) is 6.55. The van der Waals surface area contributed by atoms with E-state index in [1.807, 2.05) is 12.1 Å². The fourth-order valence-electron chi connectivity index (χ4n) is 3.21. The van der Waals surface area contributed by atoms with Crippen LogP contribution in [-0.4, -0.2) is 68.7 Å². The molecule has 1 saturated heterocycles. The third-order valence-electron chi connectivity index (χ3n) is 4.96. The van der Waals surface area contributed by atoms with E-state index in [1.165, 1.54) is 19.3 Å². The van der Waals surface area contributed by atoms with Crippen molar-refractivity contribution < 1.29 is 19.3 Å². The quantitative estimate of drug-likeness (QED) is 0.702. The van der Waals surface area contributed by atoms with Gasteiger partial charge in [-0.1, -0.05) is 18.6 Å². The minimum absolute atomic E-state index is 0.258. The van der Waals surface area contributed by atoms with Gasteiger partial charge in [-0.15, -0.1) is 0 Å². The van der Waals surface area contributed by atoms with Crippen LogP contribution in [0.1, 0.15) is 24.8 Å². The summed E-state index contributed by atoms with van der Waals surface area (Å²) in [5.74, 6) is 1.45. The van der Waals surface area contributed by atoms with Gasteiger partial charge in [0.05, 0.1) is 20.3 Å². The molecule has 2 N–H and O–H groups in total. The van der Waals surface area contributed by atoms with Crippen LogP contribution in [0.3, 0.4) is 0 Å². The van der Waals surface area contributed by atoms with Crippen molar-refractivity contribution in [3.05, 3.63) is 23.8 Å². The highest BCUT2D eigenvalue weighted by molar-refractivity contribution is 5.46. The van der Waals surface area contributed by atoms with Crippen molar-refractivity contribution in [2.45, 2.75) is 38.0 Å². The Balaban J connectivity index is 1.55. The average Bonchev–Trinajstić information content (AvgIpc) is 2.59. The van der Waals surface area contributed by atoms with Crippen molar-refractivity contribution in [2.24, 2.45) is 0 Å². The highest BCUT2D eigenvalue weighted by Crippen LogP contribution is 2.32. The SMILES string of the molecule is COc1cccc(CNC2CCC2)c1OC[C@@H](O)CN1CCOCC1. The summed E-state index contributed by atoms with van der Waals surface area (Å²) >= 11 is 0. The molecule has 1 aliphatic carbocycles. The molecule has 0 spiro atoms. The maximum absolute atomic E-state index is 10.3. The van der Waals surface area contributed by atoms with Gasteiger partial charge in [0.1, 0.15) is 12.7 Å². The highest BCUT2D eigenvalue weighted by Gasteiger charge is 2.20. The molecule has 0 bridgehead atoms. The first-order valence-electron chi connectivity index (χ1n) is 9.26. The lowest BCUT2D eigenvalue weighted by Crippen LogP contribution is -2.42. The summed E-state index contributed by atoms with van der Waals surface area (Å²) in [4.78, 5) is 2.21. The number of ether oxygens (including phenoxy) is 3. The topological polar surface area (TPSA) is 63.2 Å². The van der Waals surface area contributed by atoms with Gasteiger partial charge >= 0.3 is 0 Å². The van der Waals surface area contributed by atoms with Gasteiger partial charge in [0.25, 0.3) is 0 Å². The Kier molecular flexibility index (Phi) is 6.93. The molecule has 2 fully saturated rings. The zero-order valence-corrected chi connectivity index (χ0v) is 15.1. The van der Waals surface area contributed by atoms with Gasteiger partial charge in [0, 0.05) is 37.8 Å². The van der Waals surface area contributed by atoms with E-state index in [0.29, 0.717) is 18.3 Å². The smallest absolute Gasteiger partial charge is 0.165 e. The summed E-state index contributed by atoms with van der Waals surface area (Å²) < 4.78 is 16.8. The molecule has 1 aromatic carbocycles. The number of aliphatic hydroxyl groups is 1. The number of hydrogen-bond acceptors (Lipinski definition) is 6. The maximum Gasteiger partial charge on any atom is 0.165 e. The van der Waals surface area contributed by atoms with E-state index in [4.69, 9.17) is 14.2 Å². The number of benzene rings is 1. The van der Waals surface area contributed by atoms with Crippen LogP contribution < -0.4 is 14.8 Å². The van der Waals surface area contributed by atoms with E-state index < -0.39 is 6.10 Å². The Morgan fingerprint density at radius 1 is 1.32 bits per heavy atom. The van der Waals surface area contributed by atoms with Gasteiger partial charge in [-0.25, -0.2) is 0 Å². The van der Waals surface area contributed by atoms with Crippen molar-refractivity contribution in [3.63, 3.8) is 0 Å². The average molecular weight is 350 g/mol. The van der Waals surface area contributed by atoms with E-state index >= 15 is 0 Å². The first kappa shape index (κ1) is 18.5. The number of aliphatic hydroxyl groups excluding tert-OH is 1. The lowest BCUT2D eigenvalue weighted by molar-refractivity contribution is 0.00435. The summed E-state index contributed by atoms with van der Waals surface area (Å²) in [6.45, 7) is 4.82. The molecule has 0 unspecified atom stereocenters. The standard InChI is InChI=1S/C19H30N2O4/c1-23-18-7-2-4-15(12-20-16-5-3-6-16)19(18)25-14-17(22)13-21-8-10-24-11-9-21/h2,4,7,16-17,20,22H,3,5-6,8-14H2,1H3/t17-/m0/s1. The predicted molar refractivity (Wildman–Crippen MR) is 96.2 cm³/mol. The van der Waals surface area contributed by atoms with E-state index in [-0.39, 0.29) is 6.61 Å². The molecule has 0 amide bonds. The van der Waals surface area contributed by atoms with Gasteiger partial charge in [0.15, 0.2) is 11.5 Å². The van der Waals surface area contributed by atoms with E-state index in [0.717, 1.165) is 44.2 Å². The molecule has 6 nitrogen and oxygen atoms in total. The zero-order valence-electron chi connectivity index (χ0n) is 15.1. The number of para-hydroxylation sites is 1. The lowest BCUT2D eigenvalue weighted by atomic mass is 9.93. The summed E-state index contributed by atoms with van der Waals surface area (Å²) in [5, 5.41) is 13.9. The molecule has 1 atom stereocenters. The molecule has 0 aromatic heterocycles. The minimum atomic E-state index is -0.532. The van der Waals surface area contributed by atoms with Crippen LogP contribution in [0.4, 0.5) is 0 Å². The molecule has 0 radical (unpaired) electrons. The first-order chi connectivity index (χ1) is 12.3. The monoisotopic (exact) mass is 350 g/mol. The van der Waals surface area contributed by atoms with Gasteiger partial charge in [-0.3, -0.25) is 4.90 Å². The van der Waals surface area contributed by atoms with Gasteiger partial charge in [-0.05, 0) is 18.9 Å². The second-order valence-electron chi connectivity index (χ2n) is 6.84. The lowest BCUT2D eigenvalue weighted by Gasteiger charge is -2.29. The molecule has 6 heteroatoms. The highest BCUT2D eigenvalue weighted by atomic mass is 16.5. The number of nitrogens with zero attached hydrogens (tertiary/aromatic N) is 1. The third kappa shape index (κ3) is 5.31. The van der Waals surface area contributed by atoms with E-state index in [9.17, 15) is 5.11 Å². The number of rotatable bonds is 9. The molecule has 3 rings (SSSR count). The largest absolute Gasteiger partial charge is 0.493 e. The van der Waals surface area contributed by atoms with E-state index in [2.05, 4.69) is 16.3 Å². The van der Waals surface area contributed by atoms with Crippen LogP contribution in [0.15, 0.2) is 18.2 Å². The normalized spacial score (nSPS) is 20.1. The maximum atomic E-state index is 10.3. The Morgan fingerprint density at radius 2 is 2.12 bits per heavy atom. The predicted octanol–water partition coefficient (Wildman–Crippen LogP) is 1.41. The van der Waals surface area contributed by atoms with Crippen LogP contribution in [0.5, 0.6) is 11.5 Å². The van der Waals surface area contributed by atoms with Crippen molar-refractivity contribution in [1.29, 1.82) is 0 Å². The van der Waals surface area contributed by atoms with Crippen LogP contribution in [0.2, 0.25) is 0 Å². The number of morpholine rings is 1. The number of hydrogen-bond donors (Lipinski definition) is 2. The minimum Gasteiger partial charge on any atom is -0.493 e. The molecule has 140 valence electrons. The Labute approximate surface area is 150 Å². The fraction of sp³-hybridized carbons (Fsp3) is 0.684. The molecule has 25 heavy (non-hydrogen) atoms. The molecular formula is C19H30N2O4. The van der Waals surface area contributed by atoms with E-state index in [1.54, 1.807) is 7.11 Å².